The van der Waals surface area contributed by atoms with Crippen molar-refractivity contribution in [3.05, 3.63) is 0 Å². The summed E-state index contributed by atoms with van der Waals surface area (Å²) in [6.45, 7) is 9.97. The number of aliphatic hydroxyl groups is 1. The first-order valence-corrected chi connectivity index (χ1v) is 6.08. The molecule has 92 valence electrons. The van der Waals surface area contributed by atoms with Gasteiger partial charge in [0.2, 0.25) is 0 Å². The smallest absolute Gasteiger partial charge is 0.0590 e. The van der Waals surface area contributed by atoms with E-state index in [1.807, 2.05) is 0 Å². The average molecular weight is 217 g/mol. The Bertz CT molecular complexity index is 136. The summed E-state index contributed by atoms with van der Waals surface area (Å²) in [4.78, 5) is 0. The maximum Gasteiger partial charge on any atom is 0.0590 e. The predicted octanol–water partition coefficient (Wildman–Crippen LogP) is 1.80. The van der Waals surface area contributed by atoms with Gasteiger partial charge in [0, 0.05) is 31.7 Å². The molecule has 0 rings (SSSR count). The van der Waals surface area contributed by atoms with Crippen LogP contribution in [0.4, 0.5) is 0 Å². The first-order chi connectivity index (χ1) is 7.18. The molecule has 2 N–H and O–H groups in total. The van der Waals surface area contributed by atoms with Gasteiger partial charge in [-0.3, -0.25) is 0 Å². The van der Waals surface area contributed by atoms with E-state index >= 15 is 0 Å². The molecule has 0 aromatic carbocycles. The molecule has 0 aliphatic heterocycles. The highest BCUT2D eigenvalue weighted by molar-refractivity contribution is 4.73. The molecule has 1 atom stereocenters. The van der Waals surface area contributed by atoms with Crippen LogP contribution in [0.5, 0.6) is 0 Å². The third-order valence-corrected chi connectivity index (χ3v) is 2.85. The Morgan fingerprint density at radius 3 is 2.53 bits per heavy atom. The fourth-order valence-electron chi connectivity index (χ4n) is 1.18. The number of nitrogens with one attached hydrogen (secondary N) is 1. The van der Waals surface area contributed by atoms with E-state index in [-0.39, 0.29) is 12.0 Å². The number of unbranched alkanes of at least 4 members (excludes halogenated alkanes) is 1. The van der Waals surface area contributed by atoms with Gasteiger partial charge in [-0.1, -0.05) is 27.2 Å². The van der Waals surface area contributed by atoms with Crippen molar-refractivity contribution in [3.8, 4) is 0 Å². The molecule has 0 saturated heterocycles. The van der Waals surface area contributed by atoms with Crippen LogP contribution in [0.25, 0.3) is 0 Å². The van der Waals surface area contributed by atoms with E-state index in [2.05, 4.69) is 26.1 Å². The van der Waals surface area contributed by atoms with Crippen LogP contribution in [0.3, 0.4) is 0 Å². The summed E-state index contributed by atoms with van der Waals surface area (Å²) in [5, 5.41) is 12.5. The quantitative estimate of drug-likeness (QED) is 0.548. The van der Waals surface area contributed by atoms with E-state index in [1.54, 1.807) is 0 Å². The van der Waals surface area contributed by atoms with Gasteiger partial charge in [0.15, 0.2) is 0 Å². The van der Waals surface area contributed by atoms with Crippen LogP contribution in [0.15, 0.2) is 0 Å². The molecule has 0 aliphatic carbocycles. The molecule has 0 heterocycles. The van der Waals surface area contributed by atoms with Crippen LogP contribution in [0.2, 0.25) is 0 Å². The first-order valence-electron chi connectivity index (χ1n) is 6.08. The van der Waals surface area contributed by atoms with Crippen molar-refractivity contribution in [1.29, 1.82) is 0 Å². The molecule has 0 amide bonds. The standard InChI is InChI=1S/C12H27NO2/c1-4-6-8-15-9-7-13-10-12(3,5-2)11-14/h13-14H,4-11H2,1-3H3. The van der Waals surface area contributed by atoms with Crippen LogP contribution in [-0.4, -0.2) is 38.0 Å². The van der Waals surface area contributed by atoms with E-state index in [9.17, 15) is 5.11 Å². The molecule has 0 spiro atoms. The number of hydrogen-bond acceptors (Lipinski definition) is 3. The van der Waals surface area contributed by atoms with E-state index in [4.69, 9.17) is 4.74 Å². The molecule has 0 saturated carbocycles. The normalized spacial score (nSPS) is 15.2. The zero-order chi connectivity index (χ0) is 11.6. The van der Waals surface area contributed by atoms with Crippen LogP contribution in [0, 0.1) is 5.41 Å². The van der Waals surface area contributed by atoms with Crippen molar-refractivity contribution in [2.45, 2.75) is 40.0 Å². The van der Waals surface area contributed by atoms with Crippen molar-refractivity contribution in [2.75, 3.05) is 32.9 Å². The molecule has 0 aliphatic rings. The molecular formula is C12H27NO2. The summed E-state index contributed by atoms with van der Waals surface area (Å²) in [6, 6.07) is 0. The second-order valence-electron chi connectivity index (χ2n) is 4.47. The van der Waals surface area contributed by atoms with Crippen molar-refractivity contribution in [3.63, 3.8) is 0 Å². The Labute approximate surface area is 94.2 Å². The molecule has 0 bridgehead atoms. The topological polar surface area (TPSA) is 41.5 Å². The summed E-state index contributed by atoms with van der Waals surface area (Å²) < 4.78 is 5.43. The van der Waals surface area contributed by atoms with Gasteiger partial charge in [-0.05, 0) is 12.8 Å². The molecule has 0 fully saturated rings. The van der Waals surface area contributed by atoms with E-state index < -0.39 is 0 Å². The second-order valence-corrected chi connectivity index (χ2v) is 4.47. The van der Waals surface area contributed by atoms with E-state index in [1.165, 1.54) is 6.42 Å². The fourth-order valence-corrected chi connectivity index (χ4v) is 1.18. The van der Waals surface area contributed by atoms with Gasteiger partial charge in [-0.2, -0.15) is 0 Å². The summed E-state index contributed by atoms with van der Waals surface area (Å²) in [5.41, 5.74) is 0.0173. The summed E-state index contributed by atoms with van der Waals surface area (Å²) in [5.74, 6) is 0. The number of aliphatic hydroxyl groups excluding tert-OH is 1. The highest BCUT2D eigenvalue weighted by Gasteiger charge is 2.19. The highest BCUT2D eigenvalue weighted by atomic mass is 16.5. The van der Waals surface area contributed by atoms with Gasteiger partial charge >= 0.3 is 0 Å². The maximum absolute atomic E-state index is 9.19. The van der Waals surface area contributed by atoms with Gasteiger partial charge in [-0.15, -0.1) is 0 Å². The molecule has 1 unspecified atom stereocenters. The Hall–Kier alpha value is -0.120. The first kappa shape index (κ1) is 14.9. The maximum atomic E-state index is 9.19. The third kappa shape index (κ3) is 7.77. The van der Waals surface area contributed by atoms with Crippen molar-refractivity contribution >= 4 is 0 Å². The van der Waals surface area contributed by atoms with Gasteiger partial charge < -0.3 is 15.2 Å². The lowest BCUT2D eigenvalue weighted by atomic mass is 9.89. The minimum Gasteiger partial charge on any atom is -0.396 e. The molecule has 0 radical (unpaired) electrons. The van der Waals surface area contributed by atoms with Gasteiger partial charge in [0.05, 0.1) is 6.61 Å². The van der Waals surface area contributed by atoms with Crippen molar-refractivity contribution < 1.29 is 9.84 Å². The van der Waals surface area contributed by atoms with E-state index in [0.717, 1.165) is 39.1 Å². The molecule has 0 aromatic rings. The number of ether oxygens (including phenoxy) is 1. The largest absolute Gasteiger partial charge is 0.396 e. The Balaban J connectivity index is 3.29. The molecular weight excluding hydrogens is 190 g/mol. The summed E-state index contributed by atoms with van der Waals surface area (Å²) in [7, 11) is 0. The summed E-state index contributed by atoms with van der Waals surface area (Å²) >= 11 is 0. The zero-order valence-electron chi connectivity index (χ0n) is 10.5. The van der Waals surface area contributed by atoms with E-state index in [0.29, 0.717) is 0 Å². The molecule has 15 heavy (non-hydrogen) atoms. The summed E-state index contributed by atoms with van der Waals surface area (Å²) in [6.07, 6.45) is 3.32. The lowest BCUT2D eigenvalue weighted by Gasteiger charge is -2.25. The highest BCUT2D eigenvalue weighted by Crippen LogP contribution is 2.17. The Morgan fingerprint density at radius 1 is 1.27 bits per heavy atom. The van der Waals surface area contributed by atoms with Gasteiger partial charge in [0.1, 0.15) is 0 Å². The lowest BCUT2D eigenvalue weighted by molar-refractivity contribution is 0.115. The van der Waals surface area contributed by atoms with Crippen LogP contribution >= 0.6 is 0 Å². The lowest BCUT2D eigenvalue weighted by Crippen LogP contribution is -2.35. The zero-order valence-corrected chi connectivity index (χ0v) is 10.5. The second kappa shape index (κ2) is 9.13. The number of rotatable bonds is 10. The minimum atomic E-state index is 0.0173. The molecule has 0 aromatic heterocycles. The predicted molar refractivity (Wildman–Crippen MR) is 64.1 cm³/mol. The van der Waals surface area contributed by atoms with Crippen molar-refractivity contribution in [2.24, 2.45) is 5.41 Å². The molecule has 3 heteroatoms. The number of hydrogen-bond donors (Lipinski definition) is 2. The third-order valence-electron chi connectivity index (χ3n) is 2.85. The van der Waals surface area contributed by atoms with Crippen LogP contribution < -0.4 is 5.32 Å². The minimum absolute atomic E-state index is 0.0173. The van der Waals surface area contributed by atoms with Crippen LogP contribution in [-0.2, 0) is 4.74 Å². The van der Waals surface area contributed by atoms with Gasteiger partial charge in [0.25, 0.3) is 0 Å². The SMILES string of the molecule is CCCCOCCNCC(C)(CC)CO. The Morgan fingerprint density at radius 2 is 2.00 bits per heavy atom. The van der Waals surface area contributed by atoms with Crippen molar-refractivity contribution in [1.82, 2.24) is 5.32 Å². The van der Waals surface area contributed by atoms with Crippen LogP contribution in [0.1, 0.15) is 40.0 Å². The monoisotopic (exact) mass is 217 g/mol. The fraction of sp³-hybridized carbons (Fsp3) is 1.00. The average Bonchev–Trinajstić information content (AvgIpc) is 2.27. The Kier molecular flexibility index (Phi) is 9.06. The van der Waals surface area contributed by atoms with Gasteiger partial charge in [-0.25, -0.2) is 0 Å². The molecule has 3 nitrogen and oxygen atoms in total.